The van der Waals surface area contributed by atoms with Crippen molar-refractivity contribution in [1.82, 2.24) is 15.0 Å². The molecular weight excluding hydrogens is 376 g/mol. The second-order valence-corrected chi connectivity index (χ2v) is 9.33. The number of anilines is 1. The van der Waals surface area contributed by atoms with Gasteiger partial charge in [-0.3, -0.25) is 9.78 Å². The smallest absolute Gasteiger partial charge is 0.306 e. The Hall–Kier alpha value is -2.30. The number of hydrogen-bond acceptors (Lipinski definition) is 8. The Morgan fingerprint density at radius 3 is 2.58 bits per heavy atom. The van der Waals surface area contributed by atoms with Gasteiger partial charge in [0.05, 0.1) is 17.9 Å². The summed E-state index contributed by atoms with van der Waals surface area (Å²) in [5, 5.41) is 12.1. The van der Waals surface area contributed by atoms with Gasteiger partial charge in [-0.15, -0.1) is 0 Å². The summed E-state index contributed by atoms with van der Waals surface area (Å²) >= 11 is 0.878. The highest BCUT2D eigenvalue weighted by molar-refractivity contribution is 7.90. The number of sulfone groups is 1. The van der Waals surface area contributed by atoms with Crippen LogP contribution < -0.4 is 10.2 Å². The van der Waals surface area contributed by atoms with Gasteiger partial charge in [-0.1, -0.05) is 41.7 Å². The van der Waals surface area contributed by atoms with E-state index < -0.39 is 15.4 Å². The molecule has 8 nitrogen and oxygen atoms in total. The fourth-order valence-corrected chi connectivity index (χ4v) is 4.21. The summed E-state index contributed by atoms with van der Waals surface area (Å²) in [4.78, 5) is 22.0. The van der Waals surface area contributed by atoms with E-state index in [4.69, 9.17) is 0 Å². The Labute approximate surface area is 153 Å². The molecule has 0 saturated heterocycles. The first-order valence-corrected chi connectivity index (χ1v) is 10.2. The molecule has 0 fully saturated rings. The summed E-state index contributed by atoms with van der Waals surface area (Å²) in [5.74, 6) is -0.0552. The number of thiazole rings is 1. The van der Waals surface area contributed by atoms with Crippen LogP contribution in [0.1, 0.15) is 19.4 Å². The molecule has 3 N–H and O–H groups in total. The van der Waals surface area contributed by atoms with E-state index in [1.807, 2.05) is 0 Å². The summed E-state index contributed by atoms with van der Waals surface area (Å²) in [7, 11) is -3.82. The summed E-state index contributed by atoms with van der Waals surface area (Å²) < 4.78 is 25.9. The molecular formula is C16H18N4O4S2. The molecule has 0 aliphatic heterocycles. The third-order valence-corrected chi connectivity index (χ3v) is 5.92. The van der Waals surface area contributed by atoms with Crippen molar-refractivity contribution in [3.05, 3.63) is 45.6 Å². The Morgan fingerprint density at radius 2 is 1.92 bits per heavy atom. The quantitative estimate of drug-likeness (QED) is 0.542. The summed E-state index contributed by atoms with van der Waals surface area (Å²) in [6, 6.07) is 8.71. The van der Waals surface area contributed by atoms with E-state index in [0.717, 1.165) is 11.3 Å². The van der Waals surface area contributed by atoms with Crippen molar-refractivity contribution in [2.24, 2.45) is 0 Å². The van der Waals surface area contributed by atoms with Crippen molar-refractivity contribution in [3.8, 4) is 0 Å². The van der Waals surface area contributed by atoms with Crippen molar-refractivity contribution >= 4 is 37.3 Å². The van der Waals surface area contributed by atoms with Crippen LogP contribution in [0, 0.1) is 0 Å². The van der Waals surface area contributed by atoms with Crippen LogP contribution in [0.4, 0.5) is 5.82 Å². The molecule has 2 heterocycles. The van der Waals surface area contributed by atoms with Gasteiger partial charge in [-0.05, 0) is 19.4 Å². The molecule has 138 valence electrons. The highest BCUT2D eigenvalue weighted by Crippen LogP contribution is 2.26. The molecule has 0 unspecified atom stereocenters. The second kappa shape index (κ2) is 6.78. The summed E-state index contributed by atoms with van der Waals surface area (Å²) in [6.45, 7) is 3.26. The van der Waals surface area contributed by atoms with Crippen LogP contribution in [-0.2, 0) is 15.6 Å². The minimum Gasteiger partial charge on any atom is -0.394 e. The molecule has 0 aliphatic rings. The number of aromatic amines is 1. The topological polar surface area (TPSA) is 125 Å². The van der Waals surface area contributed by atoms with Gasteiger partial charge in [0, 0.05) is 0 Å². The predicted molar refractivity (Wildman–Crippen MR) is 100 cm³/mol. The minimum atomic E-state index is -3.82. The van der Waals surface area contributed by atoms with Crippen LogP contribution in [0.15, 0.2) is 40.3 Å². The van der Waals surface area contributed by atoms with Gasteiger partial charge in [-0.2, -0.15) is 9.97 Å². The maximum Gasteiger partial charge on any atom is 0.306 e. The third kappa shape index (κ3) is 3.92. The lowest BCUT2D eigenvalue weighted by Gasteiger charge is -2.24. The summed E-state index contributed by atoms with van der Waals surface area (Å²) in [5.41, 5.74) is 0.00694. The summed E-state index contributed by atoms with van der Waals surface area (Å²) in [6.07, 6.45) is 0. The molecule has 0 aliphatic carbocycles. The normalized spacial score (nSPS) is 12.4. The van der Waals surface area contributed by atoms with Crippen molar-refractivity contribution in [1.29, 1.82) is 0 Å². The molecule has 26 heavy (non-hydrogen) atoms. The fourth-order valence-electron chi connectivity index (χ4n) is 2.27. The zero-order valence-electron chi connectivity index (χ0n) is 14.2. The standard InChI is InChI=1S/C16H18N4O4S2/c1-16(2,9-21)20-13-11-12(19-15(22)25-11)17-14(18-13)26(23,24)8-10-6-4-3-5-7-10/h3-7,21H,8-9H2,1-2H3,(H2,17,18,19,20,22). The molecule has 0 atom stereocenters. The van der Waals surface area contributed by atoms with Crippen LogP contribution in [0.5, 0.6) is 0 Å². The zero-order valence-corrected chi connectivity index (χ0v) is 15.8. The fraction of sp³-hybridized carbons (Fsp3) is 0.312. The van der Waals surface area contributed by atoms with Crippen LogP contribution in [0.3, 0.4) is 0 Å². The molecule has 3 rings (SSSR count). The van der Waals surface area contributed by atoms with Gasteiger partial charge in [-0.25, -0.2) is 8.42 Å². The number of nitrogens with zero attached hydrogens (tertiary/aromatic N) is 2. The first-order valence-electron chi connectivity index (χ1n) is 7.77. The van der Waals surface area contributed by atoms with E-state index in [-0.39, 0.29) is 33.9 Å². The first-order chi connectivity index (χ1) is 12.2. The average Bonchev–Trinajstić information content (AvgIpc) is 2.96. The van der Waals surface area contributed by atoms with Crippen molar-refractivity contribution in [2.45, 2.75) is 30.3 Å². The van der Waals surface area contributed by atoms with Gasteiger partial charge in [0.2, 0.25) is 9.84 Å². The monoisotopic (exact) mass is 394 g/mol. The van der Waals surface area contributed by atoms with E-state index in [2.05, 4.69) is 20.3 Å². The number of aromatic nitrogens is 3. The molecule has 1 aromatic carbocycles. The average molecular weight is 394 g/mol. The molecule has 0 saturated carbocycles. The van der Waals surface area contributed by atoms with Crippen LogP contribution in [0.2, 0.25) is 0 Å². The van der Waals surface area contributed by atoms with Crippen molar-refractivity contribution in [2.75, 3.05) is 11.9 Å². The Kier molecular flexibility index (Phi) is 4.82. The van der Waals surface area contributed by atoms with Crippen LogP contribution >= 0.6 is 11.3 Å². The number of aliphatic hydroxyl groups is 1. The van der Waals surface area contributed by atoms with Gasteiger partial charge in [0.1, 0.15) is 4.70 Å². The minimum absolute atomic E-state index is 0.151. The van der Waals surface area contributed by atoms with Gasteiger partial charge < -0.3 is 10.4 Å². The lowest BCUT2D eigenvalue weighted by atomic mass is 10.1. The zero-order chi connectivity index (χ0) is 18.9. The van der Waals surface area contributed by atoms with E-state index in [0.29, 0.717) is 10.3 Å². The highest BCUT2D eigenvalue weighted by atomic mass is 32.2. The maximum absolute atomic E-state index is 12.7. The molecule has 0 spiro atoms. The lowest BCUT2D eigenvalue weighted by molar-refractivity contribution is 0.234. The Bertz CT molecular complexity index is 1090. The van der Waals surface area contributed by atoms with E-state index >= 15 is 0 Å². The Balaban J connectivity index is 2.10. The van der Waals surface area contributed by atoms with Crippen molar-refractivity contribution in [3.63, 3.8) is 0 Å². The number of rotatable bonds is 6. The second-order valence-electron chi connectivity index (χ2n) is 6.46. The van der Waals surface area contributed by atoms with E-state index in [9.17, 15) is 18.3 Å². The van der Waals surface area contributed by atoms with E-state index in [1.165, 1.54) is 0 Å². The van der Waals surface area contributed by atoms with Gasteiger partial charge >= 0.3 is 4.87 Å². The van der Waals surface area contributed by atoms with Gasteiger partial charge in [0.15, 0.2) is 11.5 Å². The van der Waals surface area contributed by atoms with Crippen molar-refractivity contribution < 1.29 is 13.5 Å². The molecule has 10 heteroatoms. The predicted octanol–water partition coefficient (Wildman–Crippen LogP) is 1.54. The molecule has 0 bridgehead atoms. The molecule has 0 amide bonds. The first kappa shape index (κ1) is 18.5. The molecule has 3 aromatic rings. The molecule has 0 radical (unpaired) electrons. The largest absolute Gasteiger partial charge is 0.394 e. The number of H-pyrrole nitrogens is 1. The number of aliphatic hydroxyl groups excluding tert-OH is 1. The number of hydrogen-bond donors (Lipinski definition) is 3. The SMILES string of the molecule is CC(C)(CO)Nc1nc(S(=O)(=O)Cc2ccccc2)nc2[nH]c(=O)sc12. The molecule has 2 aromatic heterocycles. The van der Waals surface area contributed by atoms with E-state index in [1.54, 1.807) is 44.2 Å². The Morgan fingerprint density at radius 1 is 1.23 bits per heavy atom. The van der Waals surface area contributed by atoms with Crippen LogP contribution in [0.25, 0.3) is 10.3 Å². The van der Waals surface area contributed by atoms with Gasteiger partial charge in [0.25, 0.3) is 5.16 Å². The number of benzene rings is 1. The number of fused-ring (bicyclic) bond motifs is 1. The maximum atomic E-state index is 12.7. The highest BCUT2D eigenvalue weighted by Gasteiger charge is 2.25. The lowest BCUT2D eigenvalue weighted by Crippen LogP contribution is -2.35. The third-order valence-electron chi connectivity index (χ3n) is 3.59. The number of nitrogens with one attached hydrogen (secondary N) is 2. The van der Waals surface area contributed by atoms with Crippen LogP contribution in [-0.4, -0.2) is 40.6 Å².